The first-order chi connectivity index (χ1) is 7.13. The summed E-state index contributed by atoms with van der Waals surface area (Å²) in [5.41, 5.74) is 6.72. The third kappa shape index (κ3) is 3.51. The summed E-state index contributed by atoms with van der Waals surface area (Å²) < 4.78 is 0. The topological polar surface area (TPSA) is 80.0 Å². The molecule has 0 unspecified atom stereocenters. The van der Waals surface area contributed by atoms with Crippen molar-refractivity contribution in [1.82, 2.24) is 10.3 Å². The number of rotatable bonds is 4. The normalized spacial score (nSPS) is 9.40. The molecule has 1 rings (SSSR count). The van der Waals surface area contributed by atoms with Crippen molar-refractivity contribution in [3.8, 4) is 0 Å². The van der Waals surface area contributed by atoms with E-state index in [2.05, 4.69) is 15.6 Å². The van der Waals surface area contributed by atoms with Crippen LogP contribution in [0.4, 0.5) is 5.69 Å². The van der Waals surface area contributed by atoms with E-state index in [4.69, 9.17) is 18.0 Å². The number of likely N-dealkylation sites (N-methyl/N-ethyl adjacent to an activating group) is 1. The number of nitrogens with zero attached hydrogens (tertiary/aromatic N) is 1. The number of pyridine rings is 1. The Morgan fingerprint density at radius 3 is 3.00 bits per heavy atom. The molecule has 4 N–H and O–H groups in total. The lowest BCUT2D eigenvalue weighted by Gasteiger charge is -2.06. The molecule has 1 aromatic rings. The molecular weight excluding hydrogens is 212 g/mol. The van der Waals surface area contributed by atoms with Gasteiger partial charge in [0, 0.05) is 18.9 Å². The van der Waals surface area contributed by atoms with Gasteiger partial charge in [-0.1, -0.05) is 12.2 Å². The van der Waals surface area contributed by atoms with Crippen LogP contribution in [-0.2, 0) is 4.79 Å². The molecule has 80 valence electrons. The average Bonchev–Trinajstić information content (AvgIpc) is 2.26. The Bertz CT molecular complexity index is 380. The number of nitrogens with two attached hydrogens (primary N) is 1. The molecule has 0 atom stereocenters. The van der Waals surface area contributed by atoms with Gasteiger partial charge >= 0.3 is 0 Å². The fraction of sp³-hybridized carbons (Fsp3) is 0.222. The van der Waals surface area contributed by atoms with E-state index in [0.29, 0.717) is 5.69 Å². The van der Waals surface area contributed by atoms with E-state index in [1.165, 1.54) is 0 Å². The van der Waals surface area contributed by atoms with Crippen molar-refractivity contribution in [1.29, 1.82) is 0 Å². The van der Waals surface area contributed by atoms with Crippen LogP contribution in [0, 0.1) is 0 Å². The molecule has 0 saturated heterocycles. The number of aromatic nitrogens is 1. The van der Waals surface area contributed by atoms with Crippen molar-refractivity contribution in [2.24, 2.45) is 5.73 Å². The number of nitrogens with one attached hydrogen (secondary N) is 2. The largest absolute Gasteiger partial charge is 0.388 e. The van der Waals surface area contributed by atoms with Crippen molar-refractivity contribution in [3.05, 3.63) is 24.0 Å². The van der Waals surface area contributed by atoms with Crippen molar-refractivity contribution >= 4 is 28.8 Å². The Balaban J connectivity index is 2.66. The van der Waals surface area contributed by atoms with Crippen LogP contribution >= 0.6 is 12.2 Å². The number of hydrogen-bond donors (Lipinski definition) is 3. The van der Waals surface area contributed by atoms with Gasteiger partial charge in [-0.3, -0.25) is 9.78 Å². The lowest BCUT2D eigenvalue weighted by atomic mass is 10.3. The van der Waals surface area contributed by atoms with Gasteiger partial charge in [0.15, 0.2) is 0 Å². The highest BCUT2D eigenvalue weighted by molar-refractivity contribution is 7.80. The van der Waals surface area contributed by atoms with Crippen molar-refractivity contribution in [2.75, 3.05) is 18.9 Å². The zero-order valence-electron chi connectivity index (χ0n) is 8.28. The molecule has 1 heterocycles. The molecule has 0 aliphatic rings. The predicted molar refractivity (Wildman–Crippen MR) is 62.7 cm³/mol. The fourth-order valence-electron chi connectivity index (χ4n) is 0.946. The summed E-state index contributed by atoms with van der Waals surface area (Å²) in [6.45, 7) is 0.206. The molecule has 0 saturated carbocycles. The summed E-state index contributed by atoms with van der Waals surface area (Å²) in [7, 11) is 1.58. The molecule has 6 heteroatoms. The molecule has 5 nitrogen and oxygen atoms in total. The van der Waals surface area contributed by atoms with E-state index in [-0.39, 0.29) is 17.4 Å². The van der Waals surface area contributed by atoms with Crippen LogP contribution in [0.15, 0.2) is 18.3 Å². The Labute approximate surface area is 93.1 Å². The van der Waals surface area contributed by atoms with Crippen LogP contribution in [0.1, 0.15) is 5.69 Å². The smallest absolute Gasteiger partial charge is 0.239 e. The minimum Gasteiger partial charge on any atom is -0.388 e. The van der Waals surface area contributed by atoms with Crippen LogP contribution in [0.3, 0.4) is 0 Å². The Kier molecular flexibility index (Phi) is 3.99. The van der Waals surface area contributed by atoms with Crippen molar-refractivity contribution < 1.29 is 4.79 Å². The summed E-state index contributed by atoms with van der Waals surface area (Å²) in [5, 5.41) is 5.43. The molecule has 1 aromatic heterocycles. The number of carbonyl (C=O) groups excluding carboxylic acids is 1. The first-order valence-electron chi connectivity index (χ1n) is 4.34. The standard InChI is InChI=1S/C9H12N4OS/c1-11-8(14)5-13-6-2-3-12-7(4-6)9(10)15/h2-4H,5H2,1H3,(H2,10,15)(H,11,14)(H,12,13). The molecule has 0 aliphatic carbocycles. The van der Waals surface area contributed by atoms with Gasteiger partial charge in [-0.2, -0.15) is 0 Å². The molecule has 0 fully saturated rings. The third-order valence-corrected chi connectivity index (χ3v) is 1.95. The Morgan fingerprint density at radius 2 is 2.40 bits per heavy atom. The second kappa shape index (κ2) is 5.26. The van der Waals surface area contributed by atoms with E-state index in [1.807, 2.05) is 0 Å². The van der Waals surface area contributed by atoms with Crippen LogP contribution < -0.4 is 16.4 Å². The lowest BCUT2D eigenvalue weighted by Crippen LogP contribution is -2.26. The maximum Gasteiger partial charge on any atom is 0.239 e. The number of thiocarbonyl (C=S) groups is 1. The van der Waals surface area contributed by atoms with Gasteiger partial charge in [0.25, 0.3) is 0 Å². The second-order valence-corrected chi connectivity index (χ2v) is 3.26. The molecular formula is C9H12N4OS. The quantitative estimate of drug-likeness (QED) is 0.621. The highest BCUT2D eigenvalue weighted by Gasteiger charge is 2.01. The zero-order chi connectivity index (χ0) is 11.3. The molecule has 0 spiro atoms. The molecule has 1 amide bonds. The highest BCUT2D eigenvalue weighted by atomic mass is 32.1. The Morgan fingerprint density at radius 1 is 1.67 bits per heavy atom. The van der Waals surface area contributed by atoms with Gasteiger partial charge < -0.3 is 16.4 Å². The monoisotopic (exact) mass is 224 g/mol. The molecule has 0 radical (unpaired) electrons. The van der Waals surface area contributed by atoms with Gasteiger partial charge in [-0.15, -0.1) is 0 Å². The maximum absolute atomic E-state index is 11.0. The van der Waals surface area contributed by atoms with Gasteiger partial charge in [-0.25, -0.2) is 0 Å². The summed E-state index contributed by atoms with van der Waals surface area (Å²) in [4.78, 5) is 15.2. The van der Waals surface area contributed by atoms with Crippen molar-refractivity contribution in [3.63, 3.8) is 0 Å². The van der Waals surface area contributed by atoms with E-state index in [1.54, 1.807) is 25.4 Å². The van der Waals surface area contributed by atoms with Crippen LogP contribution in [-0.4, -0.2) is 29.5 Å². The van der Waals surface area contributed by atoms with Gasteiger partial charge in [0.1, 0.15) is 4.99 Å². The molecule has 0 aromatic carbocycles. The first-order valence-corrected chi connectivity index (χ1v) is 4.74. The van der Waals surface area contributed by atoms with E-state index < -0.39 is 0 Å². The minimum atomic E-state index is -0.0938. The maximum atomic E-state index is 11.0. The zero-order valence-corrected chi connectivity index (χ0v) is 9.10. The van der Waals surface area contributed by atoms with Crippen LogP contribution in [0.25, 0.3) is 0 Å². The fourth-order valence-corrected chi connectivity index (χ4v) is 1.06. The highest BCUT2D eigenvalue weighted by Crippen LogP contribution is 2.07. The third-order valence-electron chi connectivity index (χ3n) is 1.74. The number of anilines is 1. The second-order valence-electron chi connectivity index (χ2n) is 2.82. The van der Waals surface area contributed by atoms with Crippen LogP contribution in [0.5, 0.6) is 0 Å². The minimum absolute atomic E-state index is 0.0938. The predicted octanol–water partition coefficient (Wildman–Crippen LogP) is -0.126. The first kappa shape index (κ1) is 11.4. The van der Waals surface area contributed by atoms with Gasteiger partial charge in [-0.05, 0) is 12.1 Å². The van der Waals surface area contributed by atoms with E-state index in [0.717, 1.165) is 5.69 Å². The molecule has 15 heavy (non-hydrogen) atoms. The lowest BCUT2D eigenvalue weighted by molar-refractivity contribution is -0.118. The summed E-state index contributed by atoms with van der Waals surface area (Å²) in [6, 6.07) is 3.44. The number of carbonyl (C=O) groups is 1. The van der Waals surface area contributed by atoms with Gasteiger partial charge in [0.05, 0.1) is 12.2 Å². The SMILES string of the molecule is CNC(=O)CNc1ccnc(C(N)=S)c1. The Hall–Kier alpha value is -1.69. The number of amides is 1. The molecule has 0 bridgehead atoms. The van der Waals surface area contributed by atoms with Crippen LogP contribution in [0.2, 0.25) is 0 Å². The van der Waals surface area contributed by atoms with E-state index >= 15 is 0 Å². The van der Waals surface area contributed by atoms with Gasteiger partial charge in [0.2, 0.25) is 5.91 Å². The average molecular weight is 224 g/mol. The van der Waals surface area contributed by atoms with Crippen molar-refractivity contribution in [2.45, 2.75) is 0 Å². The summed E-state index contributed by atoms with van der Waals surface area (Å²) >= 11 is 4.79. The summed E-state index contributed by atoms with van der Waals surface area (Å²) in [6.07, 6.45) is 1.58. The number of hydrogen-bond acceptors (Lipinski definition) is 4. The summed E-state index contributed by atoms with van der Waals surface area (Å²) in [5.74, 6) is -0.0938. The van der Waals surface area contributed by atoms with E-state index in [9.17, 15) is 4.79 Å². The molecule has 0 aliphatic heterocycles.